The van der Waals surface area contributed by atoms with E-state index in [1.165, 1.54) is 10.3 Å². The summed E-state index contributed by atoms with van der Waals surface area (Å²) >= 11 is 8.76. The minimum atomic E-state index is -0.420. The maximum absolute atomic E-state index is 12.4. The molecule has 1 atom stereocenters. The molecule has 1 aliphatic carbocycles. The number of nitrogens with one attached hydrogen (secondary N) is 1. The quantitative estimate of drug-likeness (QED) is 0.460. The van der Waals surface area contributed by atoms with E-state index in [9.17, 15) is 4.79 Å². The molecule has 6 heteroatoms. The fourth-order valence-electron chi connectivity index (χ4n) is 2.77. The molecule has 0 spiro atoms. The number of thiazole rings is 1. The molecular weight excluding hydrogens is 464 g/mol. The molecule has 1 heterocycles. The summed E-state index contributed by atoms with van der Waals surface area (Å²) in [5.74, 6) is 0.0180. The molecule has 1 fully saturated rings. The van der Waals surface area contributed by atoms with E-state index in [-0.39, 0.29) is 9.14 Å². The van der Waals surface area contributed by atoms with Crippen molar-refractivity contribution in [1.29, 1.82) is 0 Å². The maximum Gasteiger partial charge on any atom is 0.232 e. The first-order valence-electron chi connectivity index (χ1n) is 7.95. The maximum atomic E-state index is 12.4. The van der Waals surface area contributed by atoms with Gasteiger partial charge in [0.1, 0.15) is 5.01 Å². The van der Waals surface area contributed by atoms with Gasteiger partial charge in [0.05, 0.1) is 18.9 Å². The molecule has 0 bridgehead atoms. The Labute approximate surface area is 167 Å². The van der Waals surface area contributed by atoms with Gasteiger partial charge in [0.25, 0.3) is 0 Å². The monoisotopic (exact) mass is 478 g/mol. The van der Waals surface area contributed by atoms with Crippen molar-refractivity contribution >= 4 is 65.0 Å². The molecule has 3 aromatic rings. The number of fused-ring (bicyclic) bond motifs is 1. The van der Waals surface area contributed by atoms with Crippen molar-refractivity contribution in [3.05, 3.63) is 48.0 Å². The summed E-state index contributed by atoms with van der Waals surface area (Å²) < 4.78 is 0.913. The first-order chi connectivity index (χ1) is 11.8. The number of amides is 1. The Morgan fingerprint density at radius 3 is 2.52 bits per heavy atom. The molecule has 1 saturated carbocycles. The topological polar surface area (TPSA) is 42.0 Å². The van der Waals surface area contributed by atoms with E-state index in [1.54, 1.807) is 11.3 Å². The Balaban J connectivity index is 1.54. The molecule has 2 aromatic carbocycles. The molecule has 25 heavy (non-hydrogen) atoms. The second-order valence-electron chi connectivity index (χ2n) is 6.74. The molecule has 0 unspecified atom stereocenters. The number of nitrogens with zero attached hydrogens (tertiary/aromatic N) is 1. The van der Waals surface area contributed by atoms with Gasteiger partial charge in [-0.25, -0.2) is 4.98 Å². The van der Waals surface area contributed by atoms with Crippen molar-refractivity contribution < 1.29 is 4.79 Å². The minimum absolute atomic E-state index is 0.0180. The van der Waals surface area contributed by atoms with Crippen LogP contribution in [0.1, 0.15) is 18.9 Å². The average molecular weight is 480 g/mol. The number of carbonyl (C=O) groups excluding carboxylic acids is 1. The molecule has 0 radical (unpaired) electrons. The molecule has 0 saturated heterocycles. The summed E-state index contributed by atoms with van der Waals surface area (Å²) in [7, 11) is 0. The summed E-state index contributed by atoms with van der Waals surface area (Å²) in [6.45, 7) is 4.04. The number of aromatic nitrogens is 1. The lowest BCUT2D eigenvalue weighted by atomic mass is 10.1. The number of alkyl halides is 2. The summed E-state index contributed by atoms with van der Waals surface area (Å²) in [5, 5.41) is 3.99. The van der Waals surface area contributed by atoms with Crippen LogP contribution in [0.5, 0.6) is 0 Å². The standard InChI is InChI=1S/C19H16Br2N2OS/c1-11-3-8-14-15(9-11)25-16(23-14)12-4-6-13(7-5-12)22-17(24)18(2)10-19(18,20)21/h3-9H,10H2,1-2H3,(H,22,24)/t18-/m0/s1. The summed E-state index contributed by atoms with van der Waals surface area (Å²) in [5.41, 5.74) is 3.70. The third kappa shape index (κ3) is 3.04. The van der Waals surface area contributed by atoms with Crippen LogP contribution in [0.15, 0.2) is 42.5 Å². The number of benzene rings is 2. The van der Waals surface area contributed by atoms with Gasteiger partial charge < -0.3 is 5.32 Å². The molecular formula is C19H16Br2N2OS. The third-order valence-electron chi connectivity index (χ3n) is 4.69. The Morgan fingerprint density at radius 2 is 1.88 bits per heavy atom. The lowest BCUT2D eigenvalue weighted by molar-refractivity contribution is -0.120. The van der Waals surface area contributed by atoms with E-state index >= 15 is 0 Å². The molecule has 1 aromatic heterocycles. The van der Waals surface area contributed by atoms with Gasteiger partial charge in [-0.05, 0) is 62.2 Å². The van der Waals surface area contributed by atoms with E-state index in [2.05, 4.69) is 62.3 Å². The second-order valence-corrected chi connectivity index (χ2v) is 11.5. The Kier molecular flexibility index (Phi) is 4.05. The highest BCUT2D eigenvalue weighted by Crippen LogP contribution is 2.66. The zero-order valence-electron chi connectivity index (χ0n) is 13.8. The molecule has 1 N–H and O–H groups in total. The normalized spacial score (nSPS) is 21.3. The number of hydrogen-bond donors (Lipinski definition) is 1. The van der Waals surface area contributed by atoms with Crippen molar-refractivity contribution in [2.24, 2.45) is 5.41 Å². The minimum Gasteiger partial charge on any atom is -0.326 e. The van der Waals surface area contributed by atoms with Gasteiger partial charge in [-0.3, -0.25) is 4.79 Å². The zero-order valence-corrected chi connectivity index (χ0v) is 17.8. The van der Waals surface area contributed by atoms with Crippen molar-refractivity contribution in [3.63, 3.8) is 0 Å². The van der Waals surface area contributed by atoms with Crippen LogP contribution in [0.2, 0.25) is 0 Å². The highest BCUT2D eigenvalue weighted by atomic mass is 79.9. The fraction of sp³-hybridized carbons (Fsp3) is 0.263. The van der Waals surface area contributed by atoms with Crippen LogP contribution in [0, 0.1) is 12.3 Å². The molecule has 4 rings (SSSR count). The van der Waals surface area contributed by atoms with Crippen molar-refractivity contribution in [1.82, 2.24) is 4.98 Å². The van der Waals surface area contributed by atoms with Crippen LogP contribution in [-0.4, -0.2) is 14.1 Å². The van der Waals surface area contributed by atoms with Crippen molar-refractivity contribution in [3.8, 4) is 10.6 Å². The van der Waals surface area contributed by atoms with Gasteiger partial charge in [-0.1, -0.05) is 37.9 Å². The molecule has 1 aliphatic rings. The van der Waals surface area contributed by atoms with Crippen molar-refractivity contribution in [2.75, 3.05) is 5.32 Å². The zero-order chi connectivity index (χ0) is 17.8. The number of halogens is 2. The van der Waals surface area contributed by atoms with Crippen LogP contribution >= 0.6 is 43.2 Å². The average Bonchev–Trinajstić information content (AvgIpc) is 2.91. The van der Waals surface area contributed by atoms with Gasteiger partial charge in [0, 0.05) is 11.3 Å². The number of hydrogen-bond acceptors (Lipinski definition) is 3. The number of rotatable bonds is 3. The molecule has 1 amide bonds. The van der Waals surface area contributed by atoms with Crippen LogP contribution in [0.25, 0.3) is 20.8 Å². The SMILES string of the molecule is Cc1ccc2nc(-c3ccc(NC(=O)[C@]4(C)CC4(Br)Br)cc3)sc2c1. The summed E-state index contributed by atoms with van der Waals surface area (Å²) in [6.07, 6.45) is 0.773. The first kappa shape index (κ1) is 17.2. The number of carbonyl (C=O) groups is 1. The van der Waals surface area contributed by atoms with Crippen molar-refractivity contribution in [2.45, 2.75) is 23.5 Å². The Bertz CT molecular complexity index is 981. The van der Waals surface area contributed by atoms with Crippen LogP contribution in [0.3, 0.4) is 0 Å². The smallest absolute Gasteiger partial charge is 0.232 e. The van der Waals surface area contributed by atoms with Crippen LogP contribution < -0.4 is 5.32 Å². The predicted molar refractivity (Wildman–Crippen MR) is 112 cm³/mol. The largest absolute Gasteiger partial charge is 0.326 e. The first-order valence-corrected chi connectivity index (χ1v) is 10.4. The highest BCUT2D eigenvalue weighted by Gasteiger charge is 2.66. The van der Waals surface area contributed by atoms with Gasteiger partial charge in [0.15, 0.2) is 0 Å². The van der Waals surface area contributed by atoms with Gasteiger partial charge in [0.2, 0.25) is 5.91 Å². The van der Waals surface area contributed by atoms with Gasteiger partial charge >= 0.3 is 0 Å². The fourth-order valence-corrected chi connectivity index (χ4v) is 5.32. The molecule has 128 valence electrons. The molecule has 0 aliphatic heterocycles. The van der Waals surface area contributed by atoms with E-state index < -0.39 is 5.41 Å². The predicted octanol–water partition coefficient (Wildman–Crippen LogP) is 6.11. The molecule has 3 nitrogen and oxygen atoms in total. The summed E-state index contributed by atoms with van der Waals surface area (Å²) in [6, 6.07) is 14.2. The lowest BCUT2D eigenvalue weighted by Gasteiger charge is -2.13. The Hall–Kier alpha value is -1.24. The van der Waals surface area contributed by atoms with Gasteiger partial charge in [-0.15, -0.1) is 11.3 Å². The number of aryl methyl sites for hydroxylation is 1. The van der Waals surface area contributed by atoms with Gasteiger partial charge in [-0.2, -0.15) is 0 Å². The van der Waals surface area contributed by atoms with E-state index in [4.69, 9.17) is 4.98 Å². The third-order valence-corrected chi connectivity index (χ3v) is 8.07. The van der Waals surface area contributed by atoms with E-state index in [1.807, 2.05) is 31.2 Å². The van der Waals surface area contributed by atoms with Crippen LogP contribution in [-0.2, 0) is 4.79 Å². The highest BCUT2D eigenvalue weighted by molar-refractivity contribution is 9.25. The van der Waals surface area contributed by atoms with Crippen LogP contribution in [0.4, 0.5) is 5.69 Å². The number of anilines is 1. The lowest BCUT2D eigenvalue weighted by Crippen LogP contribution is -2.25. The summed E-state index contributed by atoms with van der Waals surface area (Å²) in [4.78, 5) is 17.1. The second kappa shape index (κ2) is 5.89. The Morgan fingerprint density at radius 1 is 1.20 bits per heavy atom. The van der Waals surface area contributed by atoms with E-state index in [0.29, 0.717) is 0 Å². The van der Waals surface area contributed by atoms with E-state index in [0.717, 1.165) is 28.2 Å².